The summed E-state index contributed by atoms with van der Waals surface area (Å²) in [5.41, 5.74) is 0.980. The number of aryl methyl sites for hydroxylation is 2. The molecule has 2 aliphatic carbocycles. The number of halogens is 3. The van der Waals surface area contributed by atoms with Gasteiger partial charge < -0.3 is 15.4 Å². The minimum atomic E-state index is -2.62. The van der Waals surface area contributed by atoms with E-state index in [0.717, 1.165) is 23.3 Å². The van der Waals surface area contributed by atoms with Gasteiger partial charge in [-0.1, -0.05) is 11.9 Å². The van der Waals surface area contributed by atoms with Gasteiger partial charge in [-0.3, -0.25) is 14.2 Å². The molecule has 0 radical (unpaired) electrons. The van der Waals surface area contributed by atoms with Crippen molar-refractivity contribution in [3.63, 3.8) is 0 Å². The van der Waals surface area contributed by atoms with Crippen LogP contribution in [0, 0.1) is 5.92 Å². The first-order valence-corrected chi connectivity index (χ1v) is 13.3. The predicted molar refractivity (Wildman–Crippen MR) is 130 cm³/mol. The fourth-order valence-electron chi connectivity index (χ4n) is 4.20. The van der Waals surface area contributed by atoms with Gasteiger partial charge in [0.15, 0.2) is 0 Å². The number of ether oxygens (including phenoxy) is 1. The first kappa shape index (κ1) is 25.8. The molecule has 2 aliphatic rings. The van der Waals surface area contributed by atoms with Gasteiger partial charge in [-0.2, -0.15) is 5.10 Å². The average Bonchev–Trinajstić information content (AvgIpc) is 3.34. The highest BCUT2D eigenvalue weighted by Gasteiger charge is 2.36. The summed E-state index contributed by atoms with van der Waals surface area (Å²) < 4.78 is 48.8. The van der Waals surface area contributed by atoms with Crippen LogP contribution in [0.3, 0.4) is 0 Å². The van der Waals surface area contributed by atoms with Crippen molar-refractivity contribution in [1.29, 1.82) is 0 Å². The predicted octanol–water partition coefficient (Wildman–Crippen LogP) is 4.45. The molecule has 0 bridgehead atoms. The largest absolute Gasteiger partial charge is 0.462 e. The number of amides is 1. The summed E-state index contributed by atoms with van der Waals surface area (Å²) in [6.45, 7) is 1.94. The molecule has 0 aromatic carbocycles. The van der Waals surface area contributed by atoms with E-state index in [-0.39, 0.29) is 43.0 Å². The van der Waals surface area contributed by atoms with Crippen LogP contribution in [0.25, 0.3) is 0 Å². The van der Waals surface area contributed by atoms with E-state index in [0.29, 0.717) is 28.7 Å². The summed E-state index contributed by atoms with van der Waals surface area (Å²) in [5.74, 6) is -0.177. The number of hydrogen-bond acceptors (Lipinski definition) is 8. The molecule has 2 aromatic heterocycles. The average molecular weight is 532 g/mol. The van der Waals surface area contributed by atoms with Crippen molar-refractivity contribution in [3.05, 3.63) is 27.8 Å². The van der Waals surface area contributed by atoms with Gasteiger partial charge >= 0.3 is 5.97 Å². The summed E-state index contributed by atoms with van der Waals surface area (Å²) in [6, 6.07) is 1.39. The van der Waals surface area contributed by atoms with Gasteiger partial charge in [0.1, 0.15) is 22.7 Å². The lowest BCUT2D eigenvalue weighted by Crippen LogP contribution is -2.35. The quantitative estimate of drug-likeness (QED) is 0.180. The zero-order valence-corrected chi connectivity index (χ0v) is 21.0. The molecule has 0 saturated heterocycles. The van der Waals surface area contributed by atoms with Crippen LogP contribution >= 0.6 is 23.3 Å². The van der Waals surface area contributed by atoms with E-state index in [1.165, 1.54) is 34.0 Å². The number of rotatable bonds is 10. The van der Waals surface area contributed by atoms with Crippen molar-refractivity contribution in [1.82, 2.24) is 14.5 Å². The molecular formula is C22H28F3N5O3S2. The molecule has 1 saturated carbocycles. The Labute approximate surface area is 209 Å². The maximum Gasteiger partial charge on any atom is 0.341 e. The molecule has 0 aliphatic heterocycles. The van der Waals surface area contributed by atoms with Gasteiger partial charge in [0.25, 0.3) is 6.43 Å². The highest BCUT2D eigenvalue weighted by molar-refractivity contribution is 7.97. The fourth-order valence-corrected chi connectivity index (χ4v) is 6.17. The van der Waals surface area contributed by atoms with Crippen LogP contribution in [0.5, 0.6) is 0 Å². The molecule has 1 amide bonds. The topological polar surface area (TPSA) is 97.3 Å². The normalized spacial score (nSPS) is 21.4. The van der Waals surface area contributed by atoms with Gasteiger partial charge in [0.05, 0.1) is 18.0 Å². The molecule has 1 atom stereocenters. The summed E-state index contributed by atoms with van der Waals surface area (Å²) in [5, 5.41) is 10.2. The number of thiophene rings is 1. The van der Waals surface area contributed by atoms with Gasteiger partial charge in [-0.15, -0.1) is 11.3 Å². The molecule has 2 heterocycles. The summed E-state index contributed by atoms with van der Waals surface area (Å²) >= 11 is 2.79. The standard InChI is InChI=1S/C22H28F3N5O3S2/c1-3-33-22(32)18-14-8-13(29-34-10-26-17-9-15(19(24)25)28-30(17)2)4-5-16(14)35-21(18)27-20(31)11-6-12(23)7-11/h9,11-13,19,26,29H,3-8,10H2,1-2H3,(H,27,31)/t11?,12?,13-/m0/s1. The number of nitrogens with one attached hydrogen (secondary N) is 3. The zero-order chi connectivity index (χ0) is 25.1. The SMILES string of the molecule is CCOC(=O)c1c(NC(=O)C2CC(F)C2)sc2c1C[C@@H](NSCNc1cc(C(F)F)nn1C)CC2. The van der Waals surface area contributed by atoms with Crippen molar-refractivity contribution < 1.29 is 27.5 Å². The molecule has 35 heavy (non-hydrogen) atoms. The number of alkyl halides is 3. The smallest absolute Gasteiger partial charge is 0.341 e. The fraction of sp³-hybridized carbons (Fsp3) is 0.591. The van der Waals surface area contributed by atoms with Crippen LogP contribution in [-0.2, 0) is 29.4 Å². The number of anilines is 2. The molecule has 1 fully saturated rings. The molecule has 0 spiro atoms. The van der Waals surface area contributed by atoms with E-state index in [4.69, 9.17) is 4.74 Å². The Balaban J connectivity index is 1.37. The number of carbonyl (C=O) groups is 2. The summed E-state index contributed by atoms with van der Waals surface area (Å²) in [7, 11) is 1.60. The first-order chi connectivity index (χ1) is 16.8. The summed E-state index contributed by atoms with van der Waals surface area (Å²) in [6.07, 6.45) is -0.972. The Morgan fingerprint density at radius 1 is 1.37 bits per heavy atom. The third-order valence-electron chi connectivity index (χ3n) is 6.13. The molecule has 2 aromatic rings. The van der Waals surface area contributed by atoms with Gasteiger partial charge in [-0.05, 0) is 44.6 Å². The maximum atomic E-state index is 13.2. The first-order valence-electron chi connectivity index (χ1n) is 11.5. The molecule has 0 unspecified atom stereocenters. The van der Waals surface area contributed by atoms with Crippen LogP contribution in [0.15, 0.2) is 6.07 Å². The van der Waals surface area contributed by atoms with Crippen LogP contribution in [0.4, 0.5) is 24.0 Å². The van der Waals surface area contributed by atoms with Crippen LogP contribution in [0.1, 0.15) is 59.1 Å². The minimum absolute atomic E-state index is 0.0720. The highest BCUT2D eigenvalue weighted by atomic mass is 32.2. The third kappa shape index (κ3) is 5.95. The number of carbonyl (C=O) groups excluding carboxylic acids is 2. The Kier molecular flexibility index (Phi) is 8.27. The van der Waals surface area contributed by atoms with Crippen LogP contribution < -0.4 is 15.4 Å². The number of hydrogen-bond donors (Lipinski definition) is 3. The van der Waals surface area contributed by atoms with Gasteiger partial charge in [0.2, 0.25) is 5.91 Å². The molecular weight excluding hydrogens is 503 g/mol. The molecule has 192 valence electrons. The van der Waals surface area contributed by atoms with Crippen molar-refractivity contribution in [2.45, 2.75) is 57.7 Å². The van der Waals surface area contributed by atoms with Gasteiger partial charge in [0, 0.05) is 30.0 Å². The third-order valence-corrected chi connectivity index (χ3v) is 8.12. The maximum absolute atomic E-state index is 13.2. The zero-order valence-electron chi connectivity index (χ0n) is 19.4. The van der Waals surface area contributed by atoms with E-state index >= 15 is 0 Å². The van der Waals surface area contributed by atoms with E-state index in [9.17, 15) is 22.8 Å². The van der Waals surface area contributed by atoms with E-state index in [2.05, 4.69) is 20.5 Å². The number of fused-ring (bicyclic) bond motifs is 1. The van der Waals surface area contributed by atoms with Crippen molar-refractivity contribution >= 4 is 46.0 Å². The Hall–Kier alpha value is -2.25. The van der Waals surface area contributed by atoms with Crippen molar-refractivity contribution in [3.8, 4) is 0 Å². The Morgan fingerprint density at radius 2 is 2.14 bits per heavy atom. The van der Waals surface area contributed by atoms with Gasteiger partial charge in [-0.25, -0.2) is 18.0 Å². The molecule has 8 nitrogen and oxygen atoms in total. The Bertz CT molecular complexity index is 1070. The lowest BCUT2D eigenvalue weighted by Gasteiger charge is -2.28. The number of aromatic nitrogens is 2. The van der Waals surface area contributed by atoms with Crippen molar-refractivity contribution in [2.24, 2.45) is 13.0 Å². The van der Waals surface area contributed by atoms with Crippen LogP contribution in [0.2, 0.25) is 0 Å². The lowest BCUT2D eigenvalue weighted by atomic mass is 9.83. The van der Waals surface area contributed by atoms with Crippen molar-refractivity contribution in [2.75, 3.05) is 23.1 Å². The summed E-state index contributed by atoms with van der Waals surface area (Å²) in [4.78, 5) is 26.3. The van der Waals surface area contributed by atoms with E-state index < -0.39 is 18.6 Å². The molecule has 3 N–H and O–H groups in total. The monoisotopic (exact) mass is 531 g/mol. The lowest BCUT2D eigenvalue weighted by molar-refractivity contribution is -0.124. The number of esters is 1. The minimum Gasteiger partial charge on any atom is -0.462 e. The Morgan fingerprint density at radius 3 is 2.80 bits per heavy atom. The number of nitrogens with zero attached hydrogens (tertiary/aromatic N) is 2. The second-order valence-electron chi connectivity index (χ2n) is 8.59. The van der Waals surface area contributed by atoms with E-state index in [1.54, 1.807) is 14.0 Å². The second kappa shape index (κ2) is 11.2. The molecule has 4 rings (SSSR count). The molecule has 13 heteroatoms. The van der Waals surface area contributed by atoms with E-state index in [1.807, 2.05) is 0 Å². The second-order valence-corrected chi connectivity index (χ2v) is 10.5. The van der Waals surface area contributed by atoms with Crippen LogP contribution in [-0.4, -0.2) is 46.4 Å². The highest BCUT2D eigenvalue weighted by Crippen LogP contribution is 2.40.